The number of ether oxygens (including phenoxy) is 2. The fourth-order valence-corrected chi connectivity index (χ4v) is 2.31. The maximum absolute atomic E-state index is 11.8. The second-order valence-electron chi connectivity index (χ2n) is 3.86. The summed E-state index contributed by atoms with van der Waals surface area (Å²) in [5, 5.41) is 0. The minimum Gasteiger partial charge on any atom is -0.491 e. The highest BCUT2D eigenvalue weighted by Gasteiger charge is 2.27. The van der Waals surface area contributed by atoms with Gasteiger partial charge in [0.25, 0.3) is 0 Å². The molecule has 0 radical (unpaired) electrons. The summed E-state index contributed by atoms with van der Waals surface area (Å²) in [6, 6.07) is 3.66. The Balaban J connectivity index is 2.49. The summed E-state index contributed by atoms with van der Waals surface area (Å²) in [4.78, 5) is 0. The topological polar surface area (TPSA) is 18.5 Å². The molecular formula is C12H13BrClF3O2. The van der Waals surface area contributed by atoms with Gasteiger partial charge < -0.3 is 9.47 Å². The van der Waals surface area contributed by atoms with Crippen LogP contribution in [0.25, 0.3) is 0 Å². The minimum absolute atomic E-state index is 0.0441. The third-order valence-electron chi connectivity index (χ3n) is 2.20. The van der Waals surface area contributed by atoms with Crippen molar-refractivity contribution in [3.63, 3.8) is 0 Å². The van der Waals surface area contributed by atoms with Crippen LogP contribution in [-0.2, 0) is 10.6 Å². The molecule has 0 atom stereocenters. The van der Waals surface area contributed by atoms with Crippen molar-refractivity contribution in [3.8, 4) is 5.75 Å². The van der Waals surface area contributed by atoms with Crippen LogP contribution in [0.3, 0.4) is 0 Å². The predicted octanol–water partition coefficient (Wildman–Crippen LogP) is 4.45. The Labute approximate surface area is 123 Å². The standard InChI is InChI=1S/C12H13BrClF3O2/c1-8-4-10(13)5-9(6-14)11(8)19-3-2-18-7-12(15,16)17/h4-5H,2-3,6-7H2,1H3. The lowest BCUT2D eigenvalue weighted by atomic mass is 10.1. The van der Waals surface area contributed by atoms with E-state index in [4.69, 9.17) is 16.3 Å². The van der Waals surface area contributed by atoms with Gasteiger partial charge >= 0.3 is 6.18 Å². The van der Waals surface area contributed by atoms with Gasteiger partial charge in [-0.05, 0) is 24.6 Å². The number of alkyl halides is 4. The average Bonchev–Trinajstić information content (AvgIpc) is 2.29. The molecule has 0 unspecified atom stereocenters. The van der Waals surface area contributed by atoms with Crippen molar-refractivity contribution in [2.75, 3.05) is 19.8 Å². The Kier molecular flexibility index (Phi) is 6.42. The van der Waals surface area contributed by atoms with E-state index < -0.39 is 12.8 Å². The fraction of sp³-hybridized carbons (Fsp3) is 0.500. The summed E-state index contributed by atoms with van der Waals surface area (Å²) in [5.74, 6) is 0.854. The highest BCUT2D eigenvalue weighted by molar-refractivity contribution is 9.10. The molecule has 1 aromatic rings. The zero-order valence-corrected chi connectivity index (χ0v) is 12.5. The Bertz CT molecular complexity index is 424. The quantitative estimate of drug-likeness (QED) is 0.550. The molecule has 0 N–H and O–H groups in total. The van der Waals surface area contributed by atoms with Crippen molar-refractivity contribution in [1.82, 2.24) is 0 Å². The molecule has 0 saturated heterocycles. The van der Waals surface area contributed by atoms with Gasteiger partial charge in [-0.15, -0.1) is 11.6 Å². The second kappa shape index (κ2) is 7.36. The summed E-state index contributed by atoms with van der Waals surface area (Å²) in [7, 11) is 0. The Morgan fingerprint density at radius 1 is 1.26 bits per heavy atom. The van der Waals surface area contributed by atoms with Gasteiger partial charge in [0.05, 0.1) is 12.5 Å². The lowest BCUT2D eigenvalue weighted by Gasteiger charge is -2.14. The number of hydrogen-bond acceptors (Lipinski definition) is 2. The highest BCUT2D eigenvalue weighted by Crippen LogP contribution is 2.29. The molecule has 1 aromatic carbocycles. The van der Waals surface area contributed by atoms with E-state index in [0.717, 1.165) is 15.6 Å². The van der Waals surface area contributed by atoms with Crippen LogP contribution in [0.15, 0.2) is 16.6 Å². The summed E-state index contributed by atoms with van der Waals surface area (Å²) in [6.45, 7) is 0.490. The third kappa shape index (κ3) is 6.01. The molecule has 0 heterocycles. The van der Waals surface area contributed by atoms with Crippen LogP contribution in [0.4, 0.5) is 13.2 Å². The summed E-state index contributed by atoms with van der Waals surface area (Å²) >= 11 is 9.13. The van der Waals surface area contributed by atoms with Crippen molar-refractivity contribution in [1.29, 1.82) is 0 Å². The van der Waals surface area contributed by atoms with E-state index in [-0.39, 0.29) is 19.1 Å². The van der Waals surface area contributed by atoms with Crippen molar-refractivity contribution >= 4 is 27.5 Å². The molecule has 2 nitrogen and oxygen atoms in total. The van der Waals surface area contributed by atoms with Crippen molar-refractivity contribution < 1.29 is 22.6 Å². The molecule has 0 spiro atoms. The molecule has 0 aliphatic rings. The van der Waals surface area contributed by atoms with Gasteiger partial charge in [0, 0.05) is 10.0 Å². The molecule has 108 valence electrons. The predicted molar refractivity (Wildman–Crippen MR) is 70.8 cm³/mol. The van der Waals surface area contributed by atoms with Crippen LogP contribution in [-0.4, -0.2) is 26.0 Å². The lowest BCUT2D eigenvalue weighted by Crippen LogP contribution is -2.19. The smallest absolute Gasteiger partial charge is 0.411 e. The number of halogens is 5. The third-order valence-corrected chi connectivity index (χ3v) is 2.95. The number of aryl methyl sites for hydroxylation is 1. The highest BCUT2D eigenvalue weighted by atomic mass is 79.9. The monoisotopic (exact) mass is 360 g/mol. The molecule has 0 aliphatic heterocycles. The largest absolute Gasteiger partial charge is 0.491 e. The van der Waals surface area contributed by atoms with Crippen molar-refractivity contribution in [2.45, 2.75) is 19.0 Å². The van der Waals surface area contributed by atoms with Crippen LogP contribution in [0.2, 0.25) is 0 Å². The van der Waals surface area contributed by atoms with Crippen molar-refractivity contribution in [2.24, 2.45) is 0 Å². The Morgan fingerprint density at radius 3 is 2.53 bits per heavy atom. The normalized spacial score (nSPS) is 11.7. The SMILES string of the molecule is Cc1cc(Br)cc(CCl)c1OCCOCC(F)(F)F. The zero-order chi connectivity index (χ0) is 14.5. The van der Waals surface area contributed by atoms with E-state index >= 15 is 0 Å². The molecule has 7 heteroatoms. The van der Waals surface area contributed by atoms with Gasteiger partial charge in [-0.25, -0.2) is 0 Å². The van der Waals surface area contributed by atoms with E-state index in [1.807, 2.05) is 19.1 Å². The maximum Gasteiger partial charge on any atom is 0.411 e. The lowest BCUT2D eigenvalue weighted by molar-refractivity contribution is -0.175. The van der Waals surface area contributed by atoms with Gasteiger partial charge in [-0.3, -0.25) is 0 Å². The number of benzene rings is 1. The molecule has 0 amide bonds. The number of hydrogen-bond donors (Lipinski definition) is 0. The molecule has 0 fully saturated rings. The molecule has 0 aliphatic carbocycles. The van der Waals surface area contributed by atoms with Crippen LogP contribution in [0.1, 0.15) is 11.1 Å². The van der Waals surface area contributed by atoms with E-state index in [9.17, 15) is 13.2 Å². The second-order valence-corrected chi connectivity index (χ2v) is 5.04. The van der Waals surface area contributed by atoms with Crippen LogP contribution < -0.4 is 4.74 Å². The van der Waals surface area contributed by atoms with E-state index in [2.05, 4.69) is 20.7 Å². The molecular weight excluding hydrogens is 348 g/mol. The van der Waals surface area contributed by atoms with Crippen LogP contribution >= 0.6 is 27.5 Å². The first-order valence-corrected chi connectivity index (χ1v) is 6.78. The zero-order valence-electron chi connectivity index (χ0n) is 10.2. The van der Waals surface area contributed by atoms with E-state index in [1.54, 1.807) is 0 Å². The van der Waals surface area contributed by atoms with Gasteiger partial charge in [-0.1, -0.05) is 15.9 Å². The summed E-state index contributed by atoms with van der Waals surface area (Å²) in [6.07, 6.45) is -4.31. The van der Waals surface area contributed by atoms with Gasteiger partial charge in [-0.2, -0.15) is 13.2 Å². The minimum atomic E-state index is -4.31. The number of rotatable bonds is 6. The molecule has 0 aromatic heterocycles. The Hall–Kier alpha value is -0.460. The molecule has 19 heavy (non-hydrogen) atoms. The summed E-state index contributed by atoms with van der Waals surface area (Å²) < 4.78 is 46.3. The van der Waals surface area contributed by atoms with Gasteiger partial charge in [0.2, 0.25) is 0 Å². The fourth-order valence-electron chi connectivity index (χ4n) is 1.50. The van der Waals surface area contributed by atoms with Crippen LogP contribution in [0, 0.1) is 6.92 Å². The van der Waals surface area contributed by atoms with E-state index in [1.165, 1.54) is 0 Å². The van der Waals surface area contributed by atoms with E-state index in [0.29, 0.717) is 5.75 Å². The first-order valence-electron chi connectivity index (χ1n) is 5.46. The molecule has 1 rings (SSSR count). The molecule has 0 bridgehead atoms. The van der Waals surface area contributed by atoms with Crippen LogP contribution in [0.5, 0.6) is 5.75 Å². The van der Waals surface area contributed by atoms with Gasteiger partial charge in [0.15, 0.2) is 0 Å². The van der Waals surface area contributed by atoms with Gasteiger partial charge in [0.1, 0.15) is 19.0 Å². The Morgan fingerprint density at radius 2 is 1.95 bits per heavy atom. The summed E-state index contributed by atoms with van der Waals surface area (Å²) in [5.41, 5.74) is 1.64. The molecule has 0 saturated carbocycles. The maximum atomic E-state index is 11.8. The average molecular weight is 362 g/mol. The first-order chi connectivity index (χ1) is 8.83. The van der Waals surface area contributed by atoms with Crippen molar-refractivity contribution in [3.05, 3.63) is 27.7 Å². The first kappa shape index (κ1) is 16.6.